The topological polar surface area (TPSA) is 102 Å². The van der Waals surface area contributed by atoms with Gasteiger partial charge in [-0.15, -0.1) is 0 Å². The van der Waals surface area contributed by atoms with Crippen LogP contribution in [0.4, 0.5) is 5.95 Å². The van der Waals surface area contributed by atoms with Crippen LogP contribution in [-0.2, 0) is 0 Å². The lowest BCUT2D eigenvalue weighted by Crippen LogP contribution is -2.15. The molecule has 84 valence electrons. The molecule has 1 atom stereocenters. The van der Waals surface area contributed by atoms with E-state index in [1.165, 1.54) is 0 Å². The van der Waals surface area contributed by atoms with Gasteiger partial charge in [-0.1, -0.05) is 0 Å². The van der Waals surface area contributed by atoms with E-state index in [0.717, 1.165) is 19.5 Å². The molecule has 0 unspecified atom stereocenters. The molecule has 16 heavy (non-hydrogen) atoms. The van der Waals surface area contributed by atoms with Crippen LogP contribution in [0, 0.1) is 0 Å². The second-order valence-corrected chi connectivity index (χ2v) is 3.92. The maximum Gasteiger partial charge on any atom is 0.280 e. The average molecular weight is 220 g/mol. The first-order valence-corrected chi connectivity index (χ1v) is 5.19. The first-order chi connectivity index (χ1) is 7.75. The molecule has 3 heterocycles. The van der Waals surface area contributed by atoms with Crippen molar-refractivity contribution in [1.82, 2.24) is 24.8 Å². The molecule has 2 aromatic rings. The molecular weight excluding hydrogens is 208 g/mol. The molecule has 0 radical (unpaired) electrons. The monoisotopic (exact) mass is 220 g/mol. The minimum absolute atomic E-state index is 0.130. The maximum absolute atomic E-state index is 11.6. The van der Waals surface area contributed by atoms with Crippen molar-refractivity contribution in [2.24, 2.45) is 0 Å². The Morgan fingerprint density at radius 2 is 2.44 bits per heavy atom. The van der Waals surface area contributed by atoms with Crippen molar-refractivity contribution < 1.29 is 0 Å². The summed E-state index contributed by atoms with van der Waals surface area (Å²) in [5.41, 5.74) is 6.16. The van der Waals surface area contributed by atoms with Gasteiger partial charge in [-0.3, -0.25) is 9.78 Å². The van der Waals surface area contributed by atoms with Gasteiger partial charge in [-0.05, 0) is 13.0 Å². The van der Waals surface area contributed by atoms with Crippen molar-refractivity contribution in [2.75, 3.05) is 18.8 Å². The van der Waals surface area contributed by atoms with Crippen LogP contribution in [0.15, 0.2) is 11.1 Å². The summed E-state index contributed by atoms with van der Waals surface area (Å²) in [5, 5.41) is 3.26. The van der Waals surface area contributed by atoms with Crippen LogP contribution in [0.1, 0.15) is 12.5 Å². The lowest BCUT2D eigenvalue weighted by Gasteiger charge is -2.10. The normalized spacial score (nSPS) is 20.6. The molecule has 2 aromatic heterocycles. The van der Waals surface area contributed by atoms with Crippen molar-refractivity contribution in [3.05, 3.63) is 16.7 Å². The molecule has 0 aliphatic carbocycles. The number of nitrogens with zero attached hydrogens (tertiary/aromatic N) is 3. The van der Waals surface area contributed by atoms with Gasteiger partial charge in [-0.2, -0.15) is 4.98 Å². The highest BCUT2D eigenvalue weighted by Crippen LogP contribution is 2.19. The largest absolute Gasteiger partial charge is 0.369 e. The number of H-pyrrole nitrogens is 1. The van der Waals surface area contributed by atoms with Crippen LogP contribution in [0.3, 0.4) is 0 Å². The first-order valence-electron chi connectivity index (χ1n) is 5.19. The Morgan fingerprint density at radius 1 is 1.56 bits per heavy atom. The number of anilines is 1. The number of aromatic amines is 1. The molecular formula is C9H12N6O. The average Bonchev–Trinajstić information content (AvgIpc) is 2.83. The summed E-state index contributed by atoms with van der Waals surface area (Å²) in [6.07, 6.45) is 2.67. The predicted octanol–water partition coefficient (Wildman–Crippen LogP) is -0.764. The lowest BCUT2D eigenvalue weighted by atomic mass is 10.2. The van der Waals surface area contributed by atoms with Crippen molar-refractivity contribution in [3.8, 4) is 0 Å². The fourth-order valence-corrected chi connectivity index (χ4v) is 2.09. The van der Waals surface area contributed by atoms with E-state index in [1.807, 2.05) is 4.57 Å². The zero-order valence-electron chi connectivity index (χ0n) is 8.60. The first kappa shape index (κ1) is 9.34. The van der Waals surface area contributed by atoms with Crippen LogP contribution in [0.25, 0.3) is 11.2 Å². The van der Waals surface area contributed by atoms with Gasteiger partial charge in [0.2, 0.25) is 5.95 Å². The second-order valence-electron chi connectivity index (χ2n) is 3.92. The number of imidazole rings is 1. The predicted molar refractivity (Wildman–Crippen MR) is 59.1 cm³/mol. The Balaban J connectivity index is 2.22. The number of nitrogen functional groups attached to an aromatic ring is 1. The Kier molecular flexibility index (Phi) is 1.93. The van der Waals surface area contributed by atoms with E-state index in [1.54, 1.807) is 6.33 Å². The molecule has 0 amide bonds. The summed E-state index contributed by atoms with van der Waals surface area (Å²) < 4.78 is 1.92. The van der Waals surface area contributed by atoms with Gasteiger partial charge >= 0.3 is 0 Å². The van der Waals surface area contributed by atoms with Crippen LogP contribution < -0.4 is 16.6 Å². The molecule has 4 N–H and O–H groups in total. The summed E-state index contributed by atoms with van der Waals surface area (Å²) in [6, 6.07) is 0.304. The fraction of sp³-hybridized carbons (Fsp3) is 0.444. The maximum atomic E-state index is 11.6. The van der Waals surface area contributed by atoms with Gasteiger partial charge in [0.15, 0.2) is 11.2 Å². The fourth-order valence-electron chi connectivity index (χ4n) is 2.09. The summed E-state index contributed by atoms with van der Waals surface area (Å²) in [6.45, 7) is 1.85. The number of nitrogens with two attached hydrogens (primary N) is 1. The Bertz CT molecular complexity index is 579. The molecule has 0 saturated carbocycles. The highest BCUT2D eigenvalue weighted by Gasteiger charge is 2.20. The second kappa shape index (κ2) is 3.31. The van der Waals surface area contributed by atoms with Crippen molar-refractivity contribution >= 4 is 17.1 Å². The molecule has 1 aliphatic rings. The molecule has 0 bridgehead atoms. The van der Waals surface area contributed by atoms with E-state index in [2.05, 4.69) is 20.3 Å². The van der Waals surface area contributed by atoms with Crippen LogP contribution >= 0.6 is 0 Å². The minimum atomic E-state index is -0.285. The van der Waals surface area contributed by atoms with Crippen LogP contribution in [-0.4, -0.2) is 32.6 Å². The zero-order chi connectivity index (χ0) is 11.1. The number of aromatic nitrogens is 4. The molecule has 7 heteroatoms. The lowest BCUT2D eigenvalue weighted by molar-refractivity contribution is 0.558. The van der Waals surface area contributed by atoms with E-state index < -0.39 is 0 Å². The third kappa shape index (κ3) is 1.28. The Morgan fingerprint density at radius 3 is 3.19 bits per heavy atom. The third-order valence-corrected chi connectivity index (χ3v) is 2.88. The number of nitrogens with one attached hydrogen (secondary N) is 2. The molecule has 0 spiro atoms. The van der Waals surface area contributed by atoms with E-state index in [0.29, 0.717) is 17.2 Å². The summed E-state index contributed by atoms with van der Waals surface area (Å²) in [4.78, 5) is 22.2. The molecule has 3 rings (SSSR count). The van der Waals surface area contributed by atoms with Crippen molar-refractivity contribution in [2.45, 2.75) is 12.5 Å². The van der Waals surface area contributed by atoms with E-state index in [9.17, 15) is 4.79 Å². The van der Waals surface area contributed by atoms with Gasteiger partial charge in [0.05, 0.1) is 12.4 Å². The van der Waals surface area contributed by atoms with Gasteiger partial charge in [0.1, 0.15) is 0 Å². The number of hydrogen-bond acceptors (Lipinski definition) is 5. The third-order valence-electron chi connectivity index (χ3n) is 2.88. The number of rotatable bonds is 1. The number of fused-ring (bicyclic) bond motifs is 1. The highest BCUT2D eigenvalue weighted by molar-refractivity contribution is 5.70. The van der Waals surface area contributed by atoms with Crippen molar-refractivity contribution in [3.63, 3.8) is 0 Å². The Labute approximate surface area is 90.7 Å². The van der Waals surface area contributed by atoms with Crippen LogP contribution in [0.2, 0.25) is 0 Å². The molecule has 1 saturated heterocycles. The van der Waals surface area contributed by atoms with E-state index >= 15 is 0 Å². The standard InChI is InChI=1S/C9H12N6O/c10-9-13-7-6(8(16)14-9)12-4-15(7)5-1-2-11-3-5/h4-5,11H,1-3H2,(H3,10,13,14,16)/t5-/m1/s1. The van der Waals surface area contributed by atoms with Gasteiger partial charge in [-0.25, -0.2) is 4.98 Å². The summed E-state index contributed by atoms with van der Waals surface area (Å²) >= 11 is 0. The van der Waals surface area contributed by atoms with Crippen molar-refractivity contribution in [1.29, 1.82) is 0 Å². The zero-order valence-corrected chi connectivity index (χ0v) is 8.60. The van der Waals surface area contributed by atoms with Gasteiger partial charge in [0, 0.05) is 6.54 Å². The summed E-state index contributed by atoms with van der Waals surface area (Å²) in [7, 11) is 0. The smallest absolute Gasteiger partial charge is 0.280 e. The van der Waals surface area contributed by atoms with E-state index in [-0.39, 0.29) is 11.5 Å². The number of hydrogen-bond donors (Lipinski definition) is 3. The molecule has 0 aromatic carbocycles. The quantitative estimate of drug-likeness (QED) is 0.586. The molecule has 1 fully saturated rings. The minimum Gasteiger partial charge on any atom is -0.369 e. The van der Waals surface area contributed by atoms with Gasteiger partial charge < -0.3 is 15.6 Å². The van der Waals surface area contributed by atoms with Gasteiger partial charge in [0.25, 0.3) is 5.56 Å². The summed E-state index contributed by atoms with van der Waals surface area (Å²) in [5.74, 6) is 0.130. The SMILES string of the molecule is Nc1nc2c(ncn2[C@@H]2CCNC2)c(=O)[nH]1. The molecule has 7 nitrogen and oxygen atoms in total. The van der Waals surface area contributed by atoms with E-state index in [4.69, 9.17) is 5.73 Å². The Hall–Kier alpha value is -1.89. The molecule has 1 aliphatic heterocycles. The highest BCUT2D eigenvalue weighted by atomic mass is 16.1. The van der Waals surface area contributed by atoms with Crippen LogP contribution in [0.5, 0.6) is 0 Å².